The van der Waals surface area contributed by atoms with Crippen molar-refractivity contribution < 1.29 is 14.6 Å². The van der Waals surface area contributed by atoms with E-state index in [-0.39, 0.29) is 17.6 Å². The second-order valence-electron chi connectivity index (χ2n) is 8.20. The second kappa shape index (κ2) is 10.1. The Morgan fingerprint density at radius 1 is 0.970 bits per heavy atom. The molecule has 0 fully saturated rings. The average Bonchev–Trinajstić information content (AvgIpc) is 2.83. The lowest BCUT2D eigenvalue weighted by molar-refractivity contribution is -0.119. The molecule has 0 aromatic heterocycles. The number of aryl methyl sites for hydroxylation is 1. The number of anilines is 2. The number of aromatic hydroxyl groups is 1. The van der Waals surface area contributed by atoms with Crippen LogP contribution in [0.15, 0.2) is 84.9 Å². The molecule has 0 aliphatic carbocycles. The van der Waals surface area contributed by atoms with E-state index in [9.17, 15) is 9.90 Å². The predicted molar refractivity (Wildman–Crippen MR) is 134 cm³/mol. The van der Waals surface area contributed by atoms with E-state index in [1.54, 1.807) is 25.3 Å². The lowest BCUT2D eigenvalue weighted by Crippen LogP contribution is -2.16. The minimum absolute atomic E-state index is 0.154. The van der Waals surface area contributed by atoms with Crippen LogP contribution in [0.25, 0.3) is 10.8 Å². The second-order valence-corrected chi connectivity index (χ2v) is 8.20. The van der Waals surface area contributed by atoms with Crippen LogP contribution in [0.4, 0.5) is 11.4 Å². The summed E-state index contributed by atoms with van der Waals surface area (Å²) in [4.78, 5) is 12.9. The van der Waals surface area contributed by atoms with Crippen LogP contribution < -0.4 is 15.8 Å². The van der Waals surface area contributed by atoms with Crippen LogP contribution in [-0.2, 0) is 11.2 Å². The number of carbonyl (C=O) groups is 1. The fourth-order valence-electron chi connectivity index (χ4n) is 3.94. The Balaban J connectivity index is 1.45. The normalized spacial score (nSPS) is 11.8. The minimum atomic E-state index is -0.253. The number of ketones is 1. The van der Waals surface area contributed by atoms with E-state index in [0.29, 0.717) is 24.9 Å². The highest BCUT2D eigenvalue weighted by molar-refractivity contribution is 5.85. The van der Waals surface area contributed by atoms with Crippen molar-refractivity contribution in [1.29, 1.82) is 0 Å². The van der Waals surface area contributed by atoms with E-state index in [1.807, 2.05) is 48.5 Å². The summed E-state index contributed by atoms with van der Waals surface area (Å²) in [5.41, 5.74) is 9.33. The van der Waals surface area contributed by atoms with E-state index in [4.69, 9.17) is 10.5 Å². The molecule has 0 heterocycles. The fraction of sp³-hybridized carbons (Fsp3) is 0.179. The monoisotopic (exact) mass is 440 g/mol. The van der Waals surface area contributed by atoms with Crippen LogP contribution in [0, 0.1) is 0 Å². The van der Waals surface area contributed by atoms with Crippen molar-refractivity contribution >= 4 is 27.9 Å². The highest BCUT2D eigenvalue weighted by Gasteiger charge is 2.17. The number of ether oxygens (including phenoxy) is 1. The summed E-state index contributed by atoms with van der Waals surface area (Å²) >= 11 is 0. The Labute approximate surface area is 193 Å². The smallest absolute Gasteiger partial charge is 0.135 e. The molecule has 0 aliphatic heterocycles. The third-order valence-corrected chi connectivity index (χ3v) is 5.76. The maximum atomic E-state index is 12.9. The number of benzene rings is 4. The Morgan fingerprint density at radius 3 is 2.48 bits per heavy atom. The van der Waals surface area contributed by atoms with Crippen LogP contribution in [0.2, 0.25) is 0 Å². The van der Waals surface area contributed by atoms with E-state index in [0.717, 1.165) is 33.3 Å². The molecule has 4 N–H and O–H groups in total. The molecule has 0 radical (unpaired) electrons. The summed E-state index contributed by atoms with van der Waals surface area (Å²) in [6, 6.07) is 26.4. The van der Waals surface area contributed by atoms with Gasteiger partial charge in [0, 0.05) is 24.2 Å². The van der Waals surface area contributed by atoms with Crippen molar-refractivity contribution in [3.05, 3.63) is 96.1 Å². The van der Waals surface area contributed by atoms with Gasteiger partial charge >= 0.3 is 0 Å². The van der Waals surface area contributed by atoms with Gasteiger partial charge in [0.05, 0.1) is 13.2 Å². The van der Waals surface area contributed by atoms with Crippen molar-refractivity contribution in [1.82, 2.24) is 0 Å². The van der Waals surface area contributed by atoms with Gasteiger partial charge in [-0.15, -0.1) is 0 Å². The summed E-state index contributed by atoms with van der Waals surface area (Å²) in [6.07, 6.45) is 1.44. The number of carbonyl (C=O) groups excluding carboxylic acids is 1. The molecule has 4 aromatic rings. The van der Waals surface area contributed by atoms with Gasteiger partial charge < -0.3 is 20.9 Å². The lowest BCUT2D eigenvalue weighted by atomic mass is 9.96. The molecule has 5 heteroatoms. The van der Waals surface area contributed by atoms with E-state index in [1.165, 1.54) is 0 Å². The molecule has 0 aliphatic rings. The standard InChI is InChI=1S/C28H28N2O3/c1-33-27-14-8-20-15-19(5-7-21(20)17-27)6-13-26(32)18-28(22-3-2-4-25(31)16-22)30-24-11-9-23(29)10-12-24/h2-5,7-12,14-17,28,30-31H,6,13,18,29H2,1H3. The average molecular weight is 441 g/mol. The molecular formula is C28H28N2O3. The van der Waals surface area contributed by atoms with Crippen molar-refractivity contribution in [2.45, 2.75) is 25.3 Å². The molecular weight excluding hydrogens is 412 g/mol. The number of nitrogen functional groups attached to an aromatic ring is 1. The van der Waals surface area contributed by atoms with Gasteiger partial charge in [0.25, 0.3) is 0 Å². The SMILES string of the molecule is COc1ccc2cc(CCC(=O)CC(Nc3ccc(N)cc3)c3cccc(O)c3)ccc2c1. The maximum Gasteiger partial charge on any atom is 0.135 e. The van der Waals surface area contributed by atoms with E-state index in [2.05, 4.69) is 23.5 Å². The summed E-state index contributed by atoms with van der Waals surface area (Å²) in [5.74, 6) is 1.16. The lowest BCUT2D eigenvalue weighted by Gasteiger charge is -2.20. The molecule has 4 aromatic carbocycles. The third kappa shape index (κ3) is 5.83. The first-order chi connectivity index (χ1) is 16.0. The molecule has 1 atom stereocenters. The minimum Gasteiger partial charge on any atom is -0.508 e. The van der Waals surface area contributed by atoms with Crippen LogP contribution in [-0.4, -0.2) is 18.0 Å². The Hall–Kier alpha value is -3.99. The van der Waals surface area contributed by atoms with Gasteiger partial charge in [-0.2, -0.15) is 0 Å². The molecule has 168 valence electrons. The van der Waals surface area contributed by atoms with Crippen LogP contribution >= 0.6 is 0 Å². The zero-order valence-corrected chi connectivity index (χ0v) is 18.6. The zero-order chi connectivity index (χ0) is 23.2. The quantitative estimate of drug-likeness (QED) is 0.283. The highest BCUT2D eigenvalue weighted by Crippen LogP contribution is 2.27. The number of fused-ring (bicyclic) bond motifs is 1. The first-order valence-electron chi connectivity index (χ1n) is 11.0. The van der Waals surface area contributed by atoms with Crippen molar-refractivity contribution in [3.8, 4) is 11.5 Å². The van der Waals surface area contributed by atoms with Gasteiger partial charge in [-0.1, -0.05) is 36.4 Å². The third-order valence-electron chi connectivity index (χ3n) is 5.76. The molecule has 0 saturated carbocycles. The molecule has 33 heavy (non-hydrogen) atoms. The van der Waals surface area contributed by atoms with Crippen LogP contribution in [0.5, 0.6) is 11.5 Å². The summed E-state index contributed by atoms with van der Waals surface area (Å²) in [6.45, 7) is 0. The molecule has 0 bridgehead atoms. The largest absolute Gasteiger partial charge is 0.508 e. The highest BCUT2D eigenvalue weighted by atomic mass is 16.5. The molecule has 4 rings (SSSR count). The molecule has 5 nitrogen and oxygen atoms in total. The molecule has 0 saturated heterocycles. The Morgan fingerprint density at radius 2 is 1.73 bits per heavy atom. The number of nitrogens with one attached hydrogen (secondary N) is 1. The molecule has 0 spiro atoms. The van der Waals surface area contributed by atoms with Gasteiger partial charge in [0.15, 0.2) is 0 Å². The predicted octanol–water partition coefficient (Wildman–Crippen LogP) is 5.88. The van der Waals surface area contributed by atoms with Gasteiger partial charge in [0.2, 0.25) is 0 Å². The number of nitrogens with two attached hydrogens (primary N) is 1. The van der Waals surface area contributed by atoms with Crippen molar-refractivity contribution in [3.63, 3.8) is 0 Å². The number of rotatable bonds is 9. The van der Waals surface area contributed by atoms with E-state index < -0.39 is 0 Å². The number of hydrogen-bond acceptors (Lipinski definition) is 5. The van der Waals surface area contributed by atoms with Crippen LogP contribution in [0.1, 0.15) is 30.0 Å². The number of hydrogen-bond donors (Lipinski definition) is 3. The number of phenols is 1. The van der Waals surface area contributed by atoms with Gasteiger partial charge in [-0.05, 0) is 76.9 Å². The van der Waals surface area contributed by atoms with Gasteiger partial charge in [-0.3, -0.25) is 4.79 Å². The number of Topliss-reactive ketones (excluding diaryl/α,β-unsaturated/α-hetero) is 1. The van der Waals surface area contributed by atoms with Gasteiger partial charge in [0.1, 0.15) is 17.3 Å². The van der Waals surface area contributed by atoms with Crippen LogP contribution in [0.3, 0.4) is 0 Å². The molecule has 1 unspecified atom stereocenters. The summed E-state index contributed by atoms with van der Waals surface area (Å²) in [5, 5.41) is 15.6. The topological polar surface area (TPSA) is 84.6 Å². The maximum absolute atomic E-state index is 12.9. The first-order valence-corrected chi connectivity index (χ1v) is 11.0. The number of phenolic OH excluding ortho intramolecular Hbond substituents is 1. The summed E-state index contributed by atoms with van der Waals surface area (Å²) < 4.78 is 5.29. The van der Waals surface area contributed by atoms with E-state index >= 15 is 0 Å². The van der Waals surface area contributed by atoms with Crippen molar-refractivity contribution in [2.75, 3.05) is 18.2 Å². The molecule has 0 amide bonds. The zero-order valence-electron chi connectivity index (χ0n) is 18.6. The Bertz CT molecular complexity index is 1250. The van der Waals surface area contributed by atoms with Gasteiger partial charge in [-0.25, -0.2) is 0 Å². The Kier molecular flexibility index (Phi) is 6.79. The fourth-order valence-corrected chi connectivity index (χ4v) is 3.94. The first kappa shape index (κ1) is 22.2. The van der Waals surface area contributed by atoms with Crippen molar-refractivity contribution in [2.24, 2.45) is 0 Å². The summed E-state index contributed by atoms with van der Waals surface area (Å²) in [7, 11) is 1.66. The number of methoxy groups -OCH3 is 1.